The van der Waals surface area contributed by atoms with E-state index in [0.717, 1.165) is 10.2 Å². The normalized spacial score (nSPS) is 12.6. The van der Waals surface area contributed by atoms with E-state index in [-0.39, 0.29) is 4.90 Å². The standard InChI is InChI=1S/C19H19ClN2O4S2/c1-3-26-11-10-22-16-9-8-15(28(2,24)25)12-17(16)27-19(22)21-18(23)13-4-6-14(20)7-5-13/h4-9,12H,3,10-11H2,1-2H3. The molecule has 0 fully saturated rings. The van der Waals surface area contributed by atoms with Crippen molar-refractivity contribution in [3.63, 3.8) is 0 Å². The Morgan fingerprint density at radius 2 is 1.93 bits per heavy atom. The molecule has 0 saturated heterocycles. The van der Waals surface area contributed by atoms with Crippen molar-refractivity contribution in [1.29, 1.82) is 0 Å². The van der Waals surface area contributed by atoms with Crippen molar-refractivity contribution in [2.24, 2.45) is 4.99 Å². The maximum atomic E-state index is 12.6. The molecule has 0 N–H and O–H groups in total. The lowest BCUT2D eigenvalue weighted by molar-refractivity contribution is 0.0996. The molecule has 1 heterocycles. The van der Waals surface area contributed by atoms with Gasteiger partial charge >= 0.3 is 0 Å². The summed E-state index contributed by atoms with van der Waals surface area (Å²) in [7, 11) is -3.33. The van der Waals surface area contributed by atoms with Crippen LogP contribution in [-0.4, -0.2) is 38.4 Å². The Morgan fingerprint density at radius 3 is 2.57 bits per heavy atom. The number of thiazole rings is 1. The van der Waals surface area contributed by atoms with Gasteiger partial charge in [0.2, 0.25) is 0 Å². The second-order valence-corrected chi connectivity index (χ2v) is 9.52. The van der Waals surface area contributed by atoms with E-state index in [4.69, 9.17) is 16.3 Å². The molecule has 0 bridgehead atoms. The topological polar surface area (TPSA) is 77.7 Å². The minimum absolute atomic E-state index is 0.230. The van der Waals surface area contributed by atoms with Gasteiger partial charge in [0, 0.05) is 30.0 Å². The number of ether oxygens (including phenoxy) is 1. The molecule has 1 amide bonds. The first kappa shape index (κ1) is 20.7. The Balaban J connectivity index is 2.11. The lowest BCUT2D eigenvalue weighted by atomic mass is 10.2. The number of benzene rings is 2. The predicted octanol–water partition coefficient (Wildman–Crippen LogP) is 3.54. The zero-order valence-electron chi connectivity index (χ0n) is 15.4. The summed E-state index contributed by atoms with van der Waals surface area (Å²) in [6.45, 7) is 3.44. The SMILES string of the molecule is CCOCCn1c(=NC(=O)c2ccc(Cl)cc2)sc2cc(S(C)(=O)=O)ccc21. The number of carbonyl (C=O) groups is 1. The molecule has 2 aromatic carbocycles. The average Bonchev–Trinajstić information content (AvgIpc) is 2.98. The lowest BCUT2D eigenvalue weighted by Gasteiger charge is -2.06. The fourth-order valence-electron chi connectivity index (χ4n) is 2.63. The molecule has 0 spiro atoms. The summed E-state index contributed by atoms with van der Waals surface area (Å²) in [5.41, 5.74) is 1.23. The van der Waals surface area contributed by atoms with E-state index in [2.05, 4.69) is 4.99 Å². The van der Waals surface area contributed by atoms with Crippen molar-refractivity contribution in [2.45, 2.75) is 18.4 Å². The molecule has 0 aliphatic rings. The van der Waals surface area contributed by atoms with Crippen LogP contribution in [0, 0.1) is 0 Å². The predicted molar refractivity (Wildman–Crippen MR) is 111 cm³/mol. The van der Waals surface area contributed by atoms with Crippen LogP contribution in [0.15, 0.2) is 52.4 Å². The molecular weight excluding hydrogens is 420 g/mol. The quantitative estimate of drug-likeness (QED) is 0.551. The third-order valence-corrected chi connectivity index (χ3v) is 6.44. The number of sulfone groups is 1. The van der Waals surface area contributed by atoms with Gasteiger partial charge in [-0.05, 0) is 49.4 Å². The lowest BCUT2D eigenvalue weighted by Crippen LogP contribution is -2.19. The molecule has 3 aromatic rings. The van der Waals surface area contributed by atoms with E-state index in [9.17, 15) is 13.2 Å². The highest BCUT2D eigenvalue weighted by Gasteiger charge is 2.13. The molecule has 9 heteroatoms. The first-order chi connectivity index (χ1) is 13.3. The van der Waals surface area contributed by atoms with Gasteiger partial charge in [0.25, 0.3) is 5.91 Å². The number of hydrogen-bond donors (Lipinski definition) is 0. The maximum Gasteiger partial charge on any atom is 0.279 e. The maximum absolute atomic E-state index is 12.6. The summed E-state index contributed by atoms with van der Waals surface area (Å²) >= 11 is 7.14. The largest absolute Gasteiger partial charge is 0.380 e. The number of hydrogen-bond acceptors (Lipinski definition) is 5. The van der Waals surface area contributed by atoms with Crippen LogP contribution in [0.2, 0.25) is 5.02 Å². The van der Waals surface area contributed by atoms with Crippen LogP contribution in [0.1, 0.15) is 17.3 Å². The smallest absolute Gasteiger partial charge is 0.279 e. The number of rotatable bonds is 6. The number of aromatic nitrogens is 1. The molecule has 148 valence electrons. The van der Waals surface area contributed by atoms with Crippen LogP contribution < -0.4 is 4.80 Å². The minimum Gasteiger partial charge on any atom is -0.380 e. The van der Waals surface area contributed by atoms with Crippen LogP contribution >= 0.6 is 22.9 Å². The summed E-state index contributed by atoms with van der Waals surface area (Å²) < 4.78 is 31.8. The van der Waals surface area contributed by atoms with Gasteiger partial charge in [0.15, 0.2) is 14.6 Å². The molecule has 3 rings (SSSR count). The van der Waals surface area contributed by atoms with E-state index in [1.54, 1.807) is 42.5 Å². The molecular formula is C19H19ClN2O4S2. The van der Waals surface area contributed by atoms with E-state index in [1.165, 1.54) is 17.6 Å². The van der Waals surface area contributed by atoms with Crippen LogP contribution in [0.25, 0.3) is 10.2 Å². The summed E-state index contributed by atoms with van der Waals surface area (Å²) in [5, 5.41) is 0.540. The molecule has 28 heavy (non-hydrogen) atoms. The number of fused-ring (bicyclic) bond motifs is 1. The third kappa shape index (κ3) is 4.70. The molecule has 1 aromatic heterocycles. The summed E-state index contributed by atoms with van der Waals surface area (Å²) in [6.07, 6.45) is 1.17. The number of halogens is 1. The van der Waals surface area contributed by atoms with Crippen molar-refractivity contribution in [3.8, 4) is 0 Å². The summed E-state index contributed by atoms with van der Waals surface area (Å²) in [4.78, 5) is 17.5. The van der Waals surface area contributed by atoms with Crippen molar-refractivity contribution in [3.05, 3.63) is 57.9 Å². The Hall–Kier alpha value is -2.00. The zero-order valence-corrected chi connectivity index (χ0v) is 17.8. The van der Waals surface area contributed by atoms with Crippen LogP contribution in [0.4, 0.5) is 0 Å². The molecule has 0 radical (unpaired) electrons. The molecule has 0 unspecified atom stereocenters. The van der Waals surface area contributed by atoms with Gasteiger partial charge in [0.05, 0.1) is 21.7 Å². The van der Waals surface area contributed by atoms with Crippen LogP contribution in [0.3, 0.4) is 0 Å². The molecule has 0 saturated carbocycles. The third-order valence-electron chi connectivity index (χ3n) is 4.03. The highest BCUT2D eigenvalue weighted by Crippen LogP contribution is 2.22. The molecule has 0 aliphatic heterocycles. The van der Waals surface area contributed by atoms with Crippen molar-refractivity contribution in [2.75, 3.05) is 19.5 Å². The molecule has 6 nitrogen and oxygen atoms in total. The Labute approximate surface area is 172 Å². The van der Waals surface area contributed by atoms with Crippen LogP contribution in [-0.2, 0) is 21.1 Å². The van der Waals surface area contributed by atoms with Gasteiger partial charge in [-0.3, -0.25) is 4.79 Å². The fourth-order valence-corrected chi connectivity index (χ4v) is 4.57. The monoisotopic (exact) mass is 438 g/mol. The minimum atomic E-state index is -3.33. The highest BCUT2D eigenvalue weighted by atomic mass is 35.5. The highest BCUT2D eigenvalue weighted by molar-refractivity contribution is 7.90. The van der Waals surface area contributed by atoms with E-state index in [1.807, 2.05) is 11.5 Å². The number of amides is 1. The van der Waals surface area contributed by atoms with Gasteiger partial charge in [-0.2, -0.15) is 4.99 Å². The van der Waals surface area contributed by atoms with Gasteiger partial charge in [-0.25, -0.2) is 8.42 Å². The molecule has 0 atom stereocenters. The second kappa shape index (κ2) is 8.57. The van der Waals surface area contributed by atoms with Crippen LogP contribution in [0.5, 0.6) is 0 Å². The van der Waals surface area contributed by atoms with E-state index in [0.29, 0.717) is 35.1 Å². The zero-order chi connectivity index (χ0) is 20.3. The summed E-state index contributed by atoms with van der Waals surface area (Å²) in [5.74, 6) is -0.392. The average molecular weight is 439 g/mol. The number of nitrogens with zero attached hydrogens (tertiary/aromatic N) is 2. The van der Waals surface area contributed by atoms with Gasteiger partial charge in [0.1, 0.15) is 0 Å². The molecule has 0 aliphatic carbocycles. The van der Waals surface area contributed by atoms with Gasteiger partial charge in [-0.15, -0.1) is 0 Å². The van der Waals surface area contributed by atoms with Crippen molar-refractivity contribution < 1.29 is 17.9 Å². The first-order valence-electron chi connectivity index (χ1n) is 8.55. The van der Waals surface area contributed by atoms with E-state index >= 15 is 0 Å². The fraction of sp³-hybridized carbons (Fsp3) is 0.263. The first-order valence-corrected chi connectivity index (χ1v) is 11.6. The van der Waals surface area contributed by atoms with Gasteiger partial charge < -0.3 is 9.30 Å². The second-order valence-electron chi connectivity index (χ2n) is 6.06. The van der Waals surface area contributed by atoms with Crippen molar-refractivity contribution >= 4 is 48.9 Å². The summed E-state index contributed by atoms with van der Waals surface area (Å²) in [6, 6.07) is 11.4. The Bertz CT molecular complexity index is 1180. The number of carbonyl (C=O) groups excluding carboxylic acids is 1. The van der Waals surface area contributed by atoms with Crippen molar-refractivity contribution in [1.82, 2.24) is 4.57 Å². The Morgan fingerprint density at radius 1 is 1.21 bits per heavy atom. The van der Waals surface area contributed by atoms with E-state index < -0.39 is 15.7 Å². The Kier molecular flexibility index (Phi) is 6.34. The van der Waals surface area contributed by atoms with Gasteiger partial charge in [-0.1, -0.05) is 22.9 Å².